The number of benzene rings is 2. The van der Waals surface area contributed by atoms with Crippen molar-refractivity contribution in [3.8, 4) is 6.07 Å². The number of nitrogens with zero attached hydrogens (tertiary/aromatic N) is 3. The van der Waals surface area contributed by atoms with Gasteiger partial charge in [-0.05, 0) is 35.9 Å². The van der Waals surface area contributed by atoms with Crippen LogP contribution in [-0.4, -0.2) is 22.6 Å². The van der Waals surface area contributed by atoms with Crippen LogP contribution in [0.3, 0.4) is 0 Å². The summed E-state index contributed by atoms with van der Waals surface area (Å²) in [4.78, 5) is 16.0. The van der Waals surface area contributed by atoms with Crippen molar-refractivity contribution < 1.29 is 9.53 Å². The Morgan fingerprint density at radius 1 is 1.21 bits per heavy atom. The Hall–Kier alpha value is -3.39. The molecule has 0 aliphatic carbocycles. The zero-order chi connectivity index (χ0) is 17.1. The lowest BCUT2D eigenvalue weighted by atomic mass is 10.1. The second kappa shape index (κ2) is 6.39. The van der Waals surface area contributed by atoms with Gasteiger partial charge in [0, 0.05) is 7.05 Å². The minimum Gasteiger partial charge on any atom is -0.465 e. The Bertz CT molecular complexity index is 976. The number of ether oxygens (including phenoxy) is 1. The Labute approximate surface area is 139 Å². The summed E-state index contributed by atoms with van der Waals surface area (Å²) in [6.07, 6.45) is 1.75. The van der Waals surface area contributed by atoms with E-state index in [2.05, 4.69) is 15.8 Å². The van der Waals surface area contributed by atoms with Gasteiger partial charge in [-0.1, -0.05) is 24.3 Å². The molecule has 5 nitrogen and oxygen atoms in total. The maximum atomic E-state index is 11.5. The zero-order valence-corrected chi connectivity index (χ0v) is 13.4. The summed E-state index contributed by atoms with van der Waals surface area (Å²) in [7, 11) is 3.23. The predicted octanol–water partition coefficient (Wildman–Crippen LogP) is 3.42. The second-order valence-electron chi connectivity index (χ2n) is 5.27. The summed E-state index contributed by atoms with van der Waals surface area (Å²) in [5.41, 5.74) is 3.55. The monoisotopic (exact) mass is 317 g/mol. The molecule has 1 heterocycles. The van der Waals surface area contributed by atoms with Gasteiger partial charge in [0.1, 0.15) is 6.07 Å². The van der Waals surface area contributed by atoms with Crippen LogP contribution in [0.5, 0.6) is 0 Å². The number of hydrogen-bond donors (Lipinski definition) is 0. The van der Waals surface area contributed by atoms with Crippen LogP contribution in [0.15, 0.2) is 48.5 Å². The van der Waals surface area contributed by atoms with Crippen molar-refractivity contribution in [2.45, 2.75) is 0 Å². The number of carbonyl (C=O) groups is 1. The van der Waals surface area contributed by atoms with Crippen LogP contribution in [0.25, 0.3) is 22.7 Å². The van der Waals surface area contributed by atoms with Crippen LogP contribution in [-0.2, 0) is 11.8 Å². The number of fused-ring (bicyclic) bond motifs is 1. The molecule has 1 aromatic heterocycles. The standard InChI is InChI=1S/C19H15N3O2/c1-22-17-6-4-3-5-16(17)21-18(22)15(12-20)11-13-7-9-14(10-8-13)19(23)24-2/h3-11H,1-2H3. The van der Waals surface area contributed by atoms with E-state index in [0.29, 0.717) is 17.0 Å². The molecule has 0 bridgehead atoms. The van der Waals surface area contributed by atoms with Gasteiger partial charge in [-0.2, -0.15) is 5.26 Å². The van der Waals surface area contributed by atoms with E-state index in [0.717, 1.165) is 16.6 Å². The lowest BCUT2D eigenvalue weighted by molar-refractivity contribution is 0.0600. The van der Waals surface area contributed by atoms with E-state index < -0.39 is 0 Å². The van der Waals surface area contributed by atoms with Gasteiger partial charge in [0.05, 0.1) is 29.3 Å². The van der Waals surface area contributed by atoms with Crippen molar-refractivity contribution in [3.63, 3.8) is 0 Å². The first-order valence-corrected chi connectivity index (χ1v) is 7.36. The zero-order valence-electron chi connectivity index (χ0n) is 13.4. The molecule has 118 valence electrons. The van der Waals surface area contributed by atoms with Crippen LogP contribution < -0.4 is 0 Å². The average Bonchev–Trinajstić information content (AvgIpc) is 2.96. The molecule has 0 amide bonds. The summed E-state index contributed by atoms with van der Waals surface area (Å²) >= 11 is 0. The van der Waals surface area contributed by atoms with Gasteiger partial charge in [0.25, 0.3) is 0 Å². The van der Waals surface area contributed by atoms with Crippen molar-refractivity contribution in [1.29, 1.82) is 5.26 Å². The normalized spacial score (nSPS) is 11.3. The highest BCUT2D eigenvalue weighted by molar-refractivity contribution is 5.92. The molecule has 3 aromatic rings. The van der Waals surface area contributed by atoms with Crippen LogP contribution in [0.2, 0.25) is 0 Å². The SMILES string of the molecule is COC(=O)c1ccc(C=C(C#N)c2nc3ccccc3n2C)cc1. The van der Waals surface area contributed by atoms with Crippen molar-refractivity contribution >= 4 is 28.7 Å². The topological polar surface area (TPSA) is 67.9 Å². The van der Waals surface area contributed by atoms with E-state index >= 15 is 0 Å². The summed E-state index contributed by atoms with van der Waals surface area (Å²) < 4.78 is 6.57. The summed E-state index contributed by atoms with van der Waals surface area (Å²) in [6.45, 7) is 0. The number of nitriles is 1. The van der Waals surface area contributed by atoms with Gasteiger partial charge in [-0.25, -0.2) is 9.78 Å². The van der Waals surface area contributed by atoms with Crippen LogP contribution in [0.1, 0.15) is 21.7 Å². The fourth-order valence-corrected chi connectivity index (χ4v) is 2.53. The number of hydrogen-bond acceptors (Lipinski definition) is 4. The molecule has 0 saturated carbocycles. The van der Waals surface area contributed by atoms with Crippen molar-refractivity contribution in [2.75, 3.05) is 7.11 Å². The number of methoxy groups -OCH3 is 1. The quantitative estimate of drug-likeness (QED) is 0.548. The van der Waals surface area contributed by atoms with Crippen LogP contribution >= 0.6 is 0 Å². The van der Waals surface area contributed by atoms with Gasteiger partial charge in [-0.3, -0.25) is 0 Å². The molecule has 0 saturated heterocycles. The Morgan fingerprint density at radius 3 is 2.54 bits per heavy atom. The Balaban J connectivity index is 2.01. The van der Waals surface area contributed by atoms with Crippen LogP contribution in [0, 0.1) is 11.3 Å². The Kier molecular flexibility index (Phi) is 4.13. The van der Waals surface area contributed by atoms with E-state index in [4.69, 9.17) is 0 Å². The molecule has 5 heteroatoms. The highest BCUT2D eigenvalue weighted by Gasteiger charge is 2.12. The van der Waals surface area contributed by atoms with Gasteiger partial charge in [0.2, 0.25) is 0 Å². The first kappa shape index (κ1) is 15.5. The molecule has 0 fully saturated rings. The Morgan fingerprint density at radius 2 is 1.92 bits per heavy atom. The van der Waals surface area contributed by atoms with Crippen molar-refractivity contribution in [2.24, 2.45) is 7.05 Å². The number of imidazole rings is 1. The van der Waals surface area contributed by atoms with E-state index in [1.807, 2.05) is 35.9 Å². The van der Waals surface area contributed by atoms with Crippen molar-refractivity contribution in [3.05, 3.63) is 65.5 Å². The summed E-state index contributed by atoms with van der Waals surface area (Å²) in [5, 5.41) is 9.53. The second-order valence-corrected chi connectivity index (χ2v) is 5.27. The highest BCUT2D eigenvalue weighted by atomic mass is 16.5. The van der Waals surface area contributed by atoms with Gasteiger partial charge >= 0.3 is 5.97 Å². The van der Waals surface area contributed by atoms with Crippen LogP contribution in [0.4, 0.5) is 0 Å². The number of aromatic nitrogens is 2. The smallest absolute Gasteiger partial charge is 0.337 e. The molecule has 3 rings (SSSR count). The van der Waals surface area contributed by atoms with E-state index in [9.17, 15) is 10.1 Å². The molecule has 0 unspecified atom stereocenters. The lowest BCUT2D eigenvalue weighted by Crippen LogP contribution is -2.00. The number of aryl methyl sites for hydroxylation is 1. The number of esters is 1. The number of para-hydroxylation sites is 2. The molecule has 0 radical (unpaired) electrons. The minimum absolute atomic E-state index is 0.388. The third-order valence-electron chi connectivity index (χ3n) is 3.79. The molecular weight excluding hydrogens is 302 g/mol. The lowest BCUT2D eigenvalue weighted by Gasteiger charge is -2.02. The summed E-state index contributed by atoms with van der Waals surface area (Å²) in [5.74, 6) is 0.220. The predicted molar refractivity (Wildman–Crippen MR) is 92.0 cm³/mol. The molecule has 0 aliphatic heterocycles. The van der Waals surface area contributed by atoms with E-state index in [1.165, 1.54) is 7.11 Å². The molecular formula is C19H15N3O2. The molecule has 2 aromatic carbocycles. The first-order chi connectivity index (χ1) is 11.6. The van der Waals surface area contributed by atoms with Gasteiger partial charge in [-0.15, -0.1) is 0 Å². The minimum atomic E-state index is -0.388. The van der Waals surface area contributed by atoms with Gasteiger partial charge in [0.15, 0.2) is 5.82 Å². The number of rotatable bonds is 3. The van der Waals surface area contributed by atoms with E-state index in [1.54, 1.807) is 30.3 Å². The maximum absolute atomic E-state index is 11.5. The van der Waals surface area contributed by atoms with Crippen molar-refractivity contribution in [1.82, 2.24) is 9.55 Å². The highest BCUT2D eigenvalue weighted by Crippen LogP contribution is 2.22. The number of allylic oxidation sites excluding steroid dienone is 1. The third-order valence-corrected chi connectivity index (χ3v) is 3.79. The fraction of sp³-hybridized carbons (Fsp3) is 0.105. The first-order valence-electron chi connectivity index (χ1n) is 7.36. The average molecular weight is 317 g/mol. The molecule has 0 spiro atoms. The maximum Gasteiger partial charge on any atom is 0.337 e. The number of carbonyl (C=O) groups excluding carboxylic acids is 1. The molecule has 0 atom stereocenters. The molecule has 24 heavy (non-hydrogen) atoms. The summed E-state index contributed by atoms with van der Waals surface area (Å²) in [6, 6.07) is 16.8. The van der Waals surface area contributed by atoms with Gasteiger partial charge < -0.3 is 9.30 Å². The fourth-order valence-electron chi connectivity index (χ4n) is 2.53. The third kappa shape index (κ3) is 2.77. The largest absolute Gasteiger partial charge is 0.465 e. The molecule has 0 N–H and O–H groups in total. The van der Waals surface area contributed by atoms with E-state index in [-0.39, 0.29) is 5.97 Å². The molecule has 0 aliphatic rings.